The SMILES string of the molecule is CC#CCn1c(N2CCC[C@H](OS(C)(=O)=O)C2)nc2c1c(=O)n(Cc1nc(C)c3ccccc3n1)c(=O)n2C. The van der Waals surface area contributed by atoms with Gasteiger partial charge in [-0.3, -0.25) is 22.7 Å². The van der Waals surface area contributed by atoms with E-state index in [1.807, 2.05) is 36.1 Å². The number of imidazole rings is 1. The number of piperidine rings is 1. The normalized spacial score (nSPS) is 16.0. The summed E-state index contributed by atoms with van der Waals surface area (Å²) in [7, 11) is -2.08. The van der Waals surface area contributed by atoms with Crippen LogP contribution >= 0.6 is 0 Å². The highest BCUT2D eigenvalue weighted by Gasteiger charge is 2.29. The first-order valence-corrected chi connectivity index (χ1v) is 14.3. The van der Waals surface area contributed by atoms with Crippen LogP contribution < -0.4 is 16.1 Å². The first-order chi connectivity index (χ1) is 18.6. The molecule has 0 radical (unpaired) electrons. The van der Waals surface area contributed by atoms with Gasteiger partial charge in [-0.1, -0.05) is 24.1 Å². The zero-order valence-electron chi connectivity index (χ0n) is 22.2. The Bertz CT molecular complexity index is 1880. The number of aryl methyl sites for hydroxylation is 2. The van der Waals surface area contributed by atoms with Gasteiger partial charge in [0.25, 0.3) is 15.7 Å². The fourth-order valence-electron chi connectivity index (χ4n) is 5.00. The number of aromatic nitrogens is 6. The van der Waals surface area contributed by atoms with Crippen molar-refractivity contribution < 1.29 is 12.6 Å². The number of benzene rings is 1. The number of rotatable bonds is 6. The smallest absolute Gasteiger partial charge is 0.332 e. The molecule has 4 aromatic rings. The third kappa shape index (κ3) is 5.17. The molecule has 0 saturated carbocycles. The maximum absolute atomic E-state index is 13.8. The van der Waals surface area contributed by atoms with Crippen molar-refractivity contribution in [1.29, 1.82) is 0 Å². The number of para-hydroxylation sites is 1. The largest absolute Gasteiger partial charge is 0.339 e. The van der Waals surface area contributed by atoms with Crippen LogP contribution in [0, 0.1) is 18.8 Å². The zero-order chi connectivity index (χ0) is 27.9. The molecule has 0 aliphatic carbocycles. The lowest BCUT2D eigenvalue weighted by Crippen LogP contribution is -2.42. The molecule has 0 spiro atoms. The summed E-state index contributed by atoms with van der Waals surface area (Å²) in [5, 5.41) is 0.900. The van der Waals surface area contributed by atoms with Crippen LogP contribution in [0.25, 0.3) is 22.1 Å². The molecule has 3 aromatic heterocycles. The van der Waals surface area contributed by atoms with Crippen LogP contribution in [0.4, 0.5) is 5.95 Å². The molecule has 0 N–H and O–H groups in total. The maximum Gasteiger partial charge on any atom is 0.332 e. The molecule has 1 aliphatic rings. The first kappa shape index (κ1) is 26.6. The lowest BCUT2D eigenvalue weighted by molar-refractivity contribution is 0.187. The van der Waals surface area contributed by atoms with E-state index in [-0.39, 0.29) is 30.8 Å². The van der Waals surface area contributed by atoms with Gasteiger partial charge in [0.05, 0.1) is 31.0 Å². The van der Waals surface area contributed by atoms with Crippen molar-refractivity contribution in [2.75, 3.05) is 24.2 Å². The average molecular weight is 552 g/mol. The van der Waals surface area contributed by atoms with Crippen molar-refractivity contribution in [2.45, 2.75) is 45.9 Å². The van der Waals surface area contributed by atoms with Crippen LogP contribution in [0.2, 0.25) is 0 Å². The van der Waals surface area contributed by atoms with Crippen LogP contribution in [0.15, 0.2) is 33.9 Å². The summed E-state index contributed by atoms with van der Waals surface area (Å²) in [6.45, 7) is 4.46. The Kier molecular flexibility index (Phi) is 7.00. The standard InChI is InChI=1S/C26H29N7O5S/c1-5-6-14-32-22-23(29-25(32)31-13-9-10-18(15-31)38-39(4,36)37)30(3)26(35)33(24(22)34)16-21-27-17(2)19-11-7-8-12-20(19)28-21/h7-8,11-12,18H,9-10,13-16H2,1-4H3/t18-/m0/s1. The second-order valence-corrected chi connectivity index (χ2v) is 11.2. The fourth-order valence-corrected chi connectivity index (χ4v) is 5.65. The van der Waals surface area contributed by atoms with Gasteiger partial charge in [0.1, 0.15) is 5.82 Å². The Morgan fingerprint density at radius 2 is 1.90 bits per heavy atom. The molecular formula is C26H29N7O5S. The van der Waals surface area contributed by atoms with Crippen LogP contribution in [-0.2, 0) is 34.4 Å². The predicted octanol–water partition coefficient (Wildman–Crippen LogP) is 1.16. The zero-order valence-corrected chi connectivity index (χ0v) is 23.0. The van der Waals surface area contributed by atoms with E-state index in [0.717, 1.165) is 27.4 Å². The molecule has 1 atom stereocenters. The molecule has 0 amide bonds. The van der Waals surface area contributed by atoms with Crippen LogP contribution in [0.5, 0.6) is 0 Å². The van der Waals surface area contributed by atoms with E-state index in [1.54, 1.807) is 18.5 Å². The monoisotopic (exact) mass is 551 g/mol. The molecule has 4 heterocycles. The van der Waals surface area contributed by atoms with Gasteiger partial charge in [-0.15, -0.1) is 5.92 Å². The summed E-state index contributed by atoms with van der Waals surface area (Å²) >= 11 is 0. The summed E-state index contributed by atoms with van der Waals surface area (Å²) in [5.74, 6) is 6.61. The molecule has 0 unspecified atom stereocenters. The lowest BCUT2D eigenvalue weighted by Gasteiger charge is -2.32. The molecule has 39 heavy (non-hydrogen) atoms. The second kappa shape index (κ2) is 10.3. The number of hydrogen-bond acceptors (Lipinski definition) is 9. The van der Waals surface area contributed by atoms with Gasteiger partial charge in [-0.2, -0.15) is 13.4 Å². The van der Waals surface area contributed by atoms with E-state index < -0.39 is 27.5 Å². The second-order valence-electron chi connectivity index (χ2n) is 9.58. The summed E-state index contributed by atoms with van der Waals surface area (Å²) in [6.07, 6.45) is 1.73. The van der Waals surface area contributed by atoms with Gasteiger partial charge in [0.2, 0.25) is 5.95 Å². The van der Waals surface area contributed by atoms with Crippen LogP contribution in [0.1, 0.15) is 31.3 Å². The minimum absolute atomic E-state index is 0.110. The fraction of sp³-hybridized carbons (Fsp3) is 0.423. The van der Waals surface area contributed by atoms with E-state index in [4.69, 9.17) is 4.18 Å². The highest BCUT2D eigenvalue weighted by Crippen LogP contribution is 2.25. The van der Waals surface area contributed by atoms with E-state index >= 15 is 0 Å². The van der Waals surface area contributed by atoms with Crippen LogP contribution in [-0.4, -0.2) is 62.5 Å². The van der Waals surface area contributed by atoms with Crippen molar-refractivity contribution >= 4 is 38.1 Å². The minimum atomic E-state index is -3.64. The molecule has 1 fully saturated rings. The Morgan fingerprint density at radius 3 is 2.64 bits per heavy atom. The third-order valence-electron chi connectivity index (χ3n) is 6.74. The highest BCUT2D eigenvalue weighted by molar-refractivity contribution is 7.86. The number of nitrogens with zero attached hydrogens (tertiary/aromatic N) is 7. The first-order valence-electron chi connectivity index (χ1n) is 12.5. The third-order valence-corrected chi connectivity index (χ3v) is 7.36. The average Bonchev–Trinajstić information content (AvgIpc) is 3.27. The van der Waals surface area contributed by atoms with E-state index in [2.05, 4.69) is 26.8 Å². The summed E-state index contributed by atoms with van der Waals surface area (Å²) in [4.78, 5) is 42.9. The number of anilines is 1. The maximum atomic E-state index is 13.8. The Morgan fingerprint density at radius 1 is 1.13 bits per heavy atom. The van der Waals surface area contributed by atoms with Crippen LogP contribution in [0.3, 0.4) is 0 Å². The quantitative estimate of drug-likeness (QED) is 0.256. The summed E-state index contributed by atoms with van der Waals surface area (Å²) in [5.41, 5.74) is 0.849. The molecule has 5 rings (SSSR count). The van der Waals surface area contributed by atoms with E-state index in [0.29, 0.717) is 31.2 Å². The molecule has 12 nitrogen and oxygen atoms in total. The highest BCUT2D eigenvalue weighted by atomic mass is 32.2. The van der Waals surface area contributed by atoms with E-state index in [9.17, 15) is 18.0 Å². The molecule has 1 aromatic carbocycles. The van der Waals surface area contributed by atoms with Gasteiger partial charge >= 0.3 is 5.69 Å². The molecular weight excluding hydrogens is 522 g/mol. The van der Waals surface area contributed by atoms with Crippen molar-refractivity contribution in [1.82, 2.24) is 28.7 Å². The number of hydrogen-bond donors (Lipinski definition) is 0. The summed E-state index contributed by atoms with van der Waals surface area (Å²) in [6, 6.07) is 7.56. The number of fused-ring (bicyclic) bond motifs is 2. The molecule has 13 heteroatoms. The van der Waals surface area contributed by atoms with Gasteiger partial charge in [0, 0.05) is 31.2 Å². The van der Waals surface area contributed by atoms with Crippen molar-refractivity contribution in [2.24, 2.45) is 7.05 Å². The van der Waals surface area contributed by atoms with Crippen molar-refractivity contribution in [3.63, 3.8) is 0 Å². The molecule has 204 valence electrons. The van der Waals surface area contributed by atoms with Gasteiger partial charge in [-0.05, 0) is 32.8 Å². The molecule has 0 bridgehead atoms. The predicted molar refractivity (Wildman–Crippen MR) is 147 cm³/mol. The van der Waals surface area contributed by atoms with Crippen molar-refractivity contribution in [3.05, 3.63) is 56.6 Å². The molecule has 1 aliphatic heterocycles. The van der Waals surface area contributed by atoms with E-state index in [1.165, 1.54) is 4.57 Å². The lowest BCUT2D eigenvalue weighted by atomic mass is 10.1. The van der Waals surface area contributed by atoms with Crippen molar-refractivity contribution in [3.8, 4) is 11.8 Å². The Balaban J connectivity index is 1.63. The van der Waals surface area contributed by atoms with Gasteiger partial charge in [-0.25, -0.2) is 14.8 Å². The topological polar surface area (TPSA) is 134 Å². The Hall–Kier alpha value is -4.02. The summed E-state index contributed by atoms with van der Waals surface area (Å²) < 4.78 is 32.8. The van der Waals surface area contributed by atoms with Gasteiger partial charge < -0.3 is 4.90 Å². The Labute approximate surface area is 225 Å². The van der Waals surface area contributed by atoms with Gasteiger partial charge in [0.15, 0.2) is 11.2 Å². The minimum Gasteiger partial charge on any atom is -0.339 e. The molecule has 1 saturated heterocycles.